The molecule has 1 aliphatic heterocycles. The van der Waals surface area contributed by atoms with Gasteiger partial charge in [-0.1, -0.05) is 0 Å². The Labute approximate surface area is 171 Å². The Kier molecular flexibility index (Phi) is 5.61. The lowest BCUT2D eigenvalue weighted by Gasteiger charge is -2.56. The zero-order valence-corrected chi connectivity index (χ0v) is 17.6. The fourth-order valence-electron chi connectivity index (χ4n) is 6.62. The maximum Gasteiger partial charge on any atom is 0.257 e. The Bertz CT molecular complexity index is 759. The van der Waals surface area contributed by atoms with Gasteiger partial charge in [-0.3, -0.25) is 25.2 Å². The van der Waals surface area contributed by atoms with E-state index in [0.717, 1.165) is 37.0 Å². The number of hydrazine groups is 1. The summed E-state index contributed by atoms with van der Waals surface area (Å²) in [5, 5.41) is 2.68. The minimum Gasteiger partial charge on any atom is -0.347 e. The third-order valence-corrected chi connectivity index (χ3v) is 9.13. The van der Waals surface area contributed by atoms with E-state index in [1.165, 1.54) is 19.3 Å². The van der Waals surface area contributed by atoms with Crippen LogP contribution in [-0.4, -0.2) is 44.2 Å². The highest BCUT2D eigenvalue weighted by Gasteiger charge is 2.51. The smallest absolute Gasteiger partial charge is 0.257 e. The van der Waals surface area contributed by atoms with Gasteiger partial charge >= 0.3 is 0 Å². The molecule has 0 aromatic rings. The van der Waals surface area contributed by atoms with E-state index in [1.54, 1.807) is 0 Å². The van der Waals surface area contributed by atoms with Crippen LogP contribution in [0.25, 0.3) is 0 Å². The average molecular weight is 426 g/mol. The summed E-state index contributed by atoms with van der Waals surface area (Å²) in [6.07, 6.45) is 8.46. The number of amides is 3. The summed E-state index contributed by atoms with van der Waals surface area (Å²) in [5.41, 5.74) is 4.72. The first-order chi connectivity index (χ1) is 13.7. The van der Waals surface area contributed by atoms with E-state index < -0.39 is 21.7 Å². The van der Waals surface area contributed by atoms with Crippen LogP contribution in [0.15, 0.2) is 0 Å². The number of hydrogen-bond acceptors (Lipinski definition) is 5. The largest absolute Gasteiger partial charge is 0.347 e. The van der Waals surface area contributed by atoms with Crippen molar-refractivity contribution in [1.82, 2.24) is 16.2 Å². The van der Waals surface area contributed by atoms with E-state index in [9.17, 15) is 22.8 Å². The molecule has 5 rings (SSSR count). The average Bonchev–Trinajstić information content (AvgIpc) is 2.95. The molecule has 0 unspecified atom stereocenters. The molecule has 0 aromatic carbocycles. The second-order valence-electron chi connectivity index (χ2n) is 9.94. The van der Waals surface area contributed by atoms with Crippen LogP contribution in [0.1, 0.15) is 57.8 Å². The molecule has 4 bridgehead atoms. The van der Waals surface area contributed by atoms with Gasteiger partial charge in [-0.2, -0.15) is 0 Å². The highest BCUT2D eigenvalue weighted by Crippen LogP contribution is 2.61. The summed E-state index contributed by atoms with van der Waals surface area (Å²) in [4.78, 5) is 36.2. The van der Waals surface area contributed by atoms with Crippen LogP contribution in [0.2, 0.25) is 0 Å². The van der Waals surface area contributed by atoms with Gasteiger partial charge in [0.1, 0.15) is 0 Å². The van der Waals surface area contributed by atoms with Crippen LogP contribution in [0.3, 0.4) is 0 Å². The minimum atomic E-state index is -3.03. The van der Waals surface area contributed by atoms with E-state index in [0.29, 0.717) is 12.8 Å². The molecular formula is C20H31N3O5S. The second-order valence-corrected chi connectivity index (χ2v) is 12.2. The Morgan fingerprint density at radius 2 is 1.45 bits per heavy atom. The van der Waals surface area contributed by atoms with Crippen molar-refractivity contribution in [1.29, 1.82) is 0 Å². The first-order valence-electron chi connectivity index (χ1n) is 10.8. The summed E-state index contributed by atoms with van der Waals surface area (Å²) in [6, 6.07) is 0. The zero-order valence-electron chi connectivity index (χ0n) is 16.7. The third-order valence-electron chi connectivity index (χ3n) is 7.29. The number of carbonyl (C=O) groups is 3. The van der Waals surface area contributed by atoms with Crippen LogP contribution in [0.5, 0.6) is 0 Å². The van der Waals surface area contributed by atoms with Crippen molar-refractivity contribution in [3.63, 3.8) is 0 Å². The molecule has 0 spiro atoms. The first kappa shape index (κ1) is 20.6. The predicted octanol–water partition coefficient (Wildman–Crippen LogP) is 0.681. The standard InChI is InChI=1S/C20H31N3O5S/c24-17(6-13-1-2-29(27,28)12-13)22-23-19(26)11-21-18(25)10-20-7-14-3-15(8-20)5-16(4-14)9-20/h13-16H,1-12H2,(H,21,25)(H,22,24)(H,23,26)/t13-,14?,15?,16?,20?/m0/s1. The van der Waals surface area contributed by atoms with E-state index in [2.05, 4.69) is 16.2 Å². The van der Waals surface area contributed by atoms with Gasteiger partial charge in [0.15, 0.2) is 9.84 Å². The summed E-state index contributed by atoms with van der Waals surface area (Å²) in [6.45, 7) is -0.177. The van der Waals surface area contributed by atoms with Crippen molar-refractivity contribution in [3.05, 3.63) is 0 Å². The number of carbonyl (C=O) groups excluding carboxylic acids is 3. The second kappa shape index (κ2) is 7.89. The number of sulfone groups is 1. The van der Waals surface area contributed by atoms with Gasteiger partial charge in [0.05, 0.1) is 18.1 Å². The Morgan fingerprint density at radius 3 is 2.00 bits per heavy atom. The number of hydrogen-bond donors (Lipinski definition) is 3. The molecule has 0 radical (unpaired) electrons. The van der Waals surface area contributed by atoms with Crippen molar-refractivity contribution in [3.8, 4) is 0 Å². The van der Waals surface area contributed by atoms with Crippen molar-refractivity contribution in [2.75, 3.05) is 18.1 Å². The Morgan fingerprint density at radius 1 is 0.862 bits per heavy atom. The Balaban J connectivity index is 1.14. The molecule has 3 amide bonds. The van der Waals surface area contributed by atoms with Crippen LogP contribution in [-0.2, 0) is 24.2 Å². The van der Waals surface area contributed by atoms with Gasteiger partial charge < -0.3 is 5.32 Å². The molecule has 1 heterocycles. The van der Waals surface area contributed by atoms with Gasteiger partial charge in [0.25, 0.3) is 5.91 Å². The molecule has 4 aliphatic carbocycles. The lowest BCUT2D eigenvalue weighted by Crippen LogP contribution is -2.49. The van der Waals surface area contributed by atoms with Gasteiger partial charge in [0, 0.05) is 12.8 Å². The number of nitrogens with one attached hydrogen (secondary N) is 3. The molecule has 1 saturated heterocycles. The lowest BCUT2D eigenvalue weighted by molar-refractivity contribution is -0.133. The van der Waals surface area contributed by atoms with Gasteiger partial charge in [-0.05, 0) is 74.0 Å². The molecule has 5 aliphatic rings. The molecule has 8 nitrogen and oxygen atoms in total. The predicted molar refractivity (Wildman–Crippen MR) is 106 cm³/mol. The molecule has 29 heavy (non-hydrogen) atoms. The quantitative estimate of drug-likeness (QED) is 0.541. The molecule has 162 valence electrons. The highest BCUT2D eigenvalue weighted by molar-refractivity contribution is 7.91. The van der Waals surface area contributed by atoms with Gasteiger partial charge in [-0.25, -0.2) is 8.42 Å². The van der Waals surface area contributed by atoms with Crippen molar-refractivity contribution in [2.45, 2.75) is 57.8 Å². The highest BCUT2D eigenvalue weighted by atomic mass is 32.2. The van der Waals surface area contributed by atoms with Crippen LogP contribution >= 0.6 is 0 Å². The molecule has 1 atom stereocenters. The molecule has 0 aromatic heterocycles. The minimum absolute atomic E-state index is 0.0226. The number of rotatable bonds is 6. The maximum absolute atomic E-state index is 12.4. The summed E-state index contributed by atoms with van der Waals surface area (Å²) >= 11 is 0. The fourth-order valence-corrected chi connectivity index (χ4v) is 8.48. The van der Waals surface area contributed by atoms with Crippen LogP contribution in [0, 0.1) is 29.1 Å². The van der Waals surface area contributed by atoms with E-state index in [-0.39, 0.29) is 41.7 Å². The molecular weight excluding hydrogens is 394 g/mol. The SMILES string of the molecule is O=C(CC12CC3CC(CC(C3)C1)C2)NCC(=O)NNC(=O)C[C@@H]1CCS(=O)(=O)C1. The van der Waals surface area contributed by atoms with E-state index >= 15 is 0 Å². The third kappa shape index (κ3) is 5.10. The fraction of sp³-hybridized carbons (Fsp3) is 0.850. The van der Waals surface area contributed by atoms with Crippen molar-refractivity contribution >= 4 is 27.6 Å². The van der Waals surface area contributed by atoms with E-state index in [1.807, 2.05) is 0 Å². The first-order valence-corrected chi connectivity index (χ1v) is 12.6. The topological polar surface area (TPSA) is 121 Å². The lowest BCUT2D eigenvalue weighted by atomic mass is 9.49. The normalized spacial score (nSPS) is 36.6. The molecule has 4 saturated carbocycles. The van der Waals surface area contributed by atoms with E-state index in [4.69, 9.17) is 0 Å². The van der Waals surface area contributed by atoms with Crippen molar-refractivity contribution in [2.24, 2.45) is 29.1 Å². The van der Waals surface area contributed by atoms with Gasteiger partial charge in [-0.15, -0.1) is 0 Å². The molecule has 3 N–H and O–H groups in total. The molecule has 9 heteroatoms. The summed E-state index contributed by atoms with van der Waals surface area (Å²) in [5.74, 6) is 1.28. The monoisotopic (exact) mass is 425 g/mol. The zero-order chi connectivity index (χ0) is 20.6. The Hall–Kier alpha value is -1.64. The summed E-state index contributed by atoms with van der Waals surface area (Å²) in [7, 11) is -3.03. The summed E-state index contributed by atoms with van der Waals surface area (Å²) < 4.78 is 22.9. The van der Waals surface area contributed by atoms with Crippen LogP contribution in [0.4, 0.5) is 0 Å². The van der Waals surface area contributed by atoms with Crippen molar-refractivity contribution < 1.29 is 22.8 Å². The van der Waals surface area contributed by atoms with Crippen LogP contribution < -0.4 is 16.2 Å². The molecule has 5 fully saturated rings. The maximum atomic E-state index is 12.4. The van der Waals surface area contributed by atoms with Gasteiger partial charge in [0.2, 0.25) is 11.8 Å².